The molecule has 24 heavy (non-hydrogen) atoms. The summed E-state index contributed by atoms with van der Waals surface area (Å²) in [5, 5.41) is 0. The first-order chi connectivity index (χ1) is 11.4. The molecule has 1 aromatic carbocycles. The highest BCUT2D eigenvalue weighted by atomic mass is 16.5. The highest BCUT2D eigenvalue weighted by molar-refractivity contribution is 6.24. The highest BCUT2D eigenvalue weighted by Crippen LogP contribution is 2.46. The lowest BCUT2D eigenvalue weighted by molar-refractivity contribution is -0.130. The van der Waals surface area contributed by atoms with Gasteiger partial charge in [-0.2, -0.15) is 0 Å². The lowest BCUT2D eigenvalue weighted by atomic mass is 9.85. The molecule has 4 rings (SSSR count). The first-order valence-corrected chi connectivity index (χ1v) is 7.87. The van der Waals surface area contributed by atoms with Crippen molar-refractivity contribution >= 4 is 23.7 Å². The van der Waals surface area contributed by atoms with E-state index in [2.05, 4.69) is 4.99 Å². The first-order valence-electron chi connectivity index (χ1n) is 7.87. The van der Waals surface area contributed by atoms with E-state index in [1.807, 2.05) is 19.9 Å². The minimum atomic E-state index is -0.783. The molecule has 3 aliphatic heterocycles. The number of hydrogen-bond donors (Lipinski definition) is 0. The Labute approximate surface area is 139 Å². The predicted molar refractivity (Wildman–Crippen MR) is 88.3 cm³/mol. The summed E-state index contributed by atoms with van der Waals surface area (Å²) in [6.07, 6.45) is 2.90. The summed E-state index contributed by atoms with van der Waals surface area (Å²) in [5.74, 6) is -0.495. The quantitative estimate of drug-likeness (QED) is 0.777. The van der Waals surface area contributed by atoms with Gasteiger partial charge in [-0.25, -0.2) is 4.90 Å². The fraction of sp³-hybridized carbons (Fsp3) is 0.389. The van der Waals surface area contributed by atoms with Crippen molar-refractivity contribution in [1.82, 2.24) is 0 Å². The molecule has 1 aromatic rings. The molecule has 4 atom stereocenters. The van der Waals surface area contributed by atoms with Gasteiger partial charge in [-0.15, -0.1) is 0 Å². The van der Waals surface area contributed by atoms with Gasteiger partial charge < -0.3 is 9.47 Å². The van der Waals surface area contributed by atoms with E-state index in [1.54, 1.807) is 37.6 Å². The lowest BCUT2D eigenvalue weighted by Crippen LogP contribution is -2.43. The van der Waals surface area contributed by atoms with Crippen LogP contribution in [0.15, 0.2) is 40.9 Å². The third kappa shape index (κ3) is 1.96. The standard InChI is InChI=1S/C18H18N2O4/c1-10-8-18(2)15(19-9-10)13-14(24-18)17(22)20(16(13)21)11-4-6-12(23-3)7-5-11/h4-9,13-15H,1-3H3/t13-,14-,15-,18-/m0/s1. The third-order valence-corrected chi connectivity index (χ3v) is 4.89. The van der Waals surface area contributed by atoms with Crippen molar-refractivity contribution in [3.05, 3.63) is 35.9 Å². The number of aliphatic imine (C=N–C) groups is 1. The van der Waals surface area contributed by atoms with Gasteiger partial charge in [0.15, 0.2) is 6.10 Å². The van der Waals surface area contributed by atoms with Crippen molar-refractivity contribution in [2.45, 2.75) is 31.6 Å². The monoisotopic (exact) mass is 326 g/mol. The molecule has 6 nitrogen and oxygen atoms in total. The summed E-state index contributed by atoms with van der Waals surface area (Å²) in [6.45, 7) is 3.81. The van der Waals surface area contributed by atoms with E-state index in [4.69, 9.17) is 9.47 Å². The van der Waals surface area contributed by atoms with Crippen LogP contribution in [-0.4, -0.2) is 42.9 Å². The highest BCUT2D eigenvalue weighted by Gasteiger charge is 2.63. The number of fused-ring (bicyclic) bond motifs is 3. The second-order valence-corrected chi connectivity index (χ2v) is 6.57. The van der Waals surface area contributed by atoms with E-state index in [1.165, 1.54) is 4.90 Å². The van der Waals surface area contributed by atoms with Crippen molar-refractivity contribution in [3.63, 3.8) is 0 Å². The number of carbonyl (C=O) groups is 2. The van der Waals surface area contributed by atoms with Gasteiger partial charge in [0, 0.05) is 6.21 Å². The fourth-order valence-electron chi connectivity index (χ4n) is 3.83. The van der Waals surface area contributed by atoms with Crippen LogP contribution in [0.3, 0.4) is 0 Å². The maximum Gasteiger partial charge on any atom is 0.263 e. The Balaban J connectivity index is 1.69. The normalized spacial score (nSPS) is 34.2. The Bertz CT molecular complexity index is 783. The van der Waals surface area contributed by atoms with Gasteiger partial charge in [-0.1, -0.05) is 0 Å². The van der Waals surface area contributed by atoms with Crippen LogP contribution in [0.2, 0.25) is 0 Å². The van der Waals surface area contributed by atoms with Gasteiger partial charge in [0.1, 0.15) is 11.4 Å². The summed E-state index contributed by atoms with van der Waals surface area (Å²) >= 11 is 0. The number of hydrogen-bond acceptors (Lipinski definition) is 5. The summed E-state index contributed by atoms with van der Waals surface area (Å²) in [5.41, 5.74) is 0.795. The van der Waals surface area contributed by atoms with Gasteiger partial charge in [0.05, 0.1) is 24.8 Å². The van der Waals surface area contributed by atoms with E-state index in [0.717, 1.165) is 5.57 Å². The van der Waals surface area contributed by atoms with Crippen LogP contribution in [0.1, 0.15) is 13.8 Å². The van der Waals surface area contributed by atoms with E-state index in [9.17, 15) is 9.59 Å². The summed E-state index contributed by atoms with van der Waals surface area (Å²) < 4.78 is 11.1. The van der Waals surface area contributed by atoms with E-state index in [0.29, 0.717) is 11.4 Å². The molecule has 2 saturated heterocycles. The fourth-order valence-corrected chi connectivity index (χ4v) is 3.83. The van der Waals surface area contributed by atoms with Crippen LogP contribution in [0.4, 0.5) is 5.69 Å². The number of carbonyl (C=O) groups excluding carboxylic acids is 2. The maximum absolute atomic E-state index is 12.9. The molecular weight excluding hydrogens is 308 g/mol. The minimum Gasteiger partial charge on any atom is -0.497 e. The molecule has 3 heterocycles. The second kappa shape index (κ2) is 5.01. The Hall–Kier alpha value is -2.47. The zero-order chi connectivity index (χ0) is 17.1. The van der Waals surface area contributed by atoms with E-state index in [-0.39, 0.29) is 17.9 Å². The lowest BCUT2D eigenvalue weighted by Gasteiger charge is -2.30. The number of anilines is 1. The Morgan fingerprint density at radius 3 is 2.58 bits per heavy atom. The topological polar surface area (TPSA) is 68.2 Å². The molecule has 0 aliphatic carbocycles. The molecule has 2 amide bonds. The molecule has 0 radical (unpaired) electrons. The maximum atomic E-state index is 12.9. The number of amides is 2. The van der Waals surface area contributed by atoms with Gasteiger partial charge in [0.2, 0.25) is 5.91 Å². The summed E-state index contributed by atoms with van der Waals surface area (Å²) in [7, 11) is 1.57. The number of nitrogens with zero attached hydrogens (tertiary/aromatic N) is 2. The van der Waals surface area contributed by atoms with Gasteiger partial charge in [0.25, 0.3) is 5.91 Å². The molecule has 6 heteroatoms. The number of allylic oxidation sites excluding steroid dienone is 1. The smallest absolute Gasteiger partial charge is 0.263 e. The van der Waals surface area contributed by atoms with E-state index >= 15 is 0 Å². The molecule has 2 fully saturated rings. The number of benzene rings is 1. The molecule has 124 valence electrons. The largest absolute Gasteiger partial charge is 0.497 e. The first kappa shape index (κ1) is 15.1. The number of methoxy groups -OCH3 is 1. The van der Waals surface area contributed by atoms with Gasteiger partial charge >= 0.3 is 0 Å². The average molecular weight is 326 g/mol. The third-order valence-electron chi connectivity index (χ3n) is 4.89. The molecular formula is C18H18N2O4. The van der Waals surface area contributed by atoms with Crippen LogP contribution < -0.4 is 9.64 Å². The van der Waals surface area contributed by atoms with Crippen molar-refractivity contribution in [3.8, 4) is 5.75 Å². The van der Waals surface area contributed by atoms with Crippen LogP contribution in [-0.2, 0) is 14.3 Å². The number of rotatable bonds is 2. The van der Waals surface area contributed by atoms with Crippen LogP contribution in [0.5, 0.6) is 5.75 Å². The van der Waals surface area contributed by atoms with Gasteiger partial charge in [-0.3, -0.25) is 14.6 Å². The van der Waals surface area contributed by atoms with Crippen molar-refractivity contribution < 1.29 is 19.1 Å². The van der Waals surface area contributed by atoms with Crippen molar-refractivity contribution in [2.75, 3.05) is 12.0 Å². The molecule has 0 N–H and O–H groups in total. The molecule has 3 aliphatic rings. The number of imide groups is 1. The second-order valence-electron chi connectivity index (χ2n) is 6.57. The van der Waals surface area contributed by atoms with Crippen LogP contribution in [0.25, 0.3) is 0 Å². The Morgan fingerprint density at radius 1 is 1.21 bits per heavy atom. The SMILES string of the molecule is COc1ccc(N2C(=O)[C@H]3[C@H](O[C@@]4(C)C=C(C)C=N[C@@H]34)C2=O)cc1. The van der Waals surface area contributed by atoms with Gasteiger partial charge in [-0.05, 0) is 49.8 Å². The molecule has 0 saturated carbocycles. The van der Waals surface area contributed by atoms with Crippen molar-refractivity contribution in [2.24, 2.45) is 10.9 Å². The summed E-state index contributed by atoms with van der Waals surface area (Å²) in [6, 6.07) is 6.47. The predicted octanol–water partition coefficient (Wildman–Crippen LogP) is 1.74. The Morgan fingerprint density at radius 2 is 1.92 bits per heavy atom. The molecule has 0 spiro atoms. The zero-order valence-corrected chi connectivity index (χ0v) is 13.7. The van der Waals surface area contributed by atoms with E-state index < -0.39 is 17.6 Å². The zero-order valence-electron chi connectivity index (χ0n) is 13.7. The molecule has 0 aromatic heterocycles. The summed E-state index contributed by atoms with van der Waals surface area (Å²) in [4.78, 5) is 31.4. The molecule has 0 bridgehead atoms. The molecule has 0 unspecified atom stereocenters. The van der Waals surface area contributed by atoms with Crippen LogP contribution >= 0.6 is 0 Å². The Kier molecular flexibility index (Phi) is 3.15. The minimum absolute atomic E-state index is 0.256. The van der Waals surface area contributed by atoms with Crippen LogP contribution in [0, 0.1) is 5.92 Å². The average Bonchev–Trinajstić information content (AvgIpc) is 2.98. The van der Waals surface area contributed by atoms with Crippen molar-refractivity contribution in [1.29, 1.82) is 0 Å². The number of ether oxygens (including phenoxy) is 2. The number of dihydropyridines is 1.